The third-order valence-electron chi connectivity index (χ3n) is 2.89. The van der Waals surface area contributed by atoms with Crippen LogP contribution in [0.3, 0.4) is 0 Å². The van der Waals surface area contributed by atoms with Gasteiger partial charge in [0.2, 0.25) is 0 Å². The van der Waals surface area contributed by atoms with Crippen molar-refractivity contribution >= 4 is 17.4 Å². The van der Waals surface area contributed by atoms with Gasteiger partial charge in [0.1, 0.15) is 0 Å². The van der Waals surface area contributed by atoms with E-state index in [1.165, 1.54) is 11.8 Å². The van der Waals surface area contributed by atoms with E-state index < -0.39 is 0 Å². The molecule has 0 amide bonds. The van der Waals surface area contributed by atoms with Crippen molar-refractivity contribution in [2.24, 2.45) is 5.73 Å². The molecule has 0 aromatic heterocycles. The molecular weight excluding hydrogens is 272 g/mol. The van der Waals surface area contributed by atoms with Gasteiger partial charge in [-0.05, 0) is 30.2 Å². The normalized spacial score (nSPS) is 10.4. The molecule has 0 aliphatic carbocycles. The van der Waals surface area contributed by atoms with Gasteiger partial charge in [0.25, 0.3) is 5.69 Å². The summed E-state index contributed by atoms with van der Waals surface area (Å²) in [7, 11) is 0. The van der Waals surface area contributed by atoms with Crippen molar-refractivity contribution in [3.63, 3.8) is 0 Å². The molecule has 0 unspecified atom stereocenters. The molecule has 0 spiro atoms. The SMILES string of the molecule is NCCc1ccc(SCc2ccccc2)c([N+](=O)[O-])c1. The molecule has 4 nitrogen and oxygen atoms in total. The molecule has 2 rings (SSSR count). The van der Waals surface area contributed by atoms with Crippen molar-refractivity contribution < 1.29 is 4.92 Å². The Hall–Kier alpha value is -1.85. The number of nitro benzene ring substituents is 1. The van der Waals surface area contributed by atoms with Crippen LogP contribution in [0.25, 0.3) is 0 Å². The maximum atomic E-state index is 11.2. The molecule has 0 aliphatic rings. The molecular formula is C15H16N2O2S. The van der Waals surface area contributed by atoms with Crippen LogP contribution in [-0.4, -0.2) is 11.5 Å². The van der Waals surface area contributed by atoms with Gasteiger partial charge in [0.05, 0.1) is 9.82 Å². The van der Waals surface area contributed by atoms with Crippen molar-refractivity contribution in [3.05, 3.63) is 69.8 Å². The van der Waals surface area contributed by atoms with Crippen LogP contribution in [0.1, 0.15) is 11.1 Å². The predicted molar refractivity (Wildman–Crippen MR) is 81.9 cm³/mol. The minimum absolute atomic E-state index is 0.164. The van der Waals surface area contributed by atoms with Crippen LogP contribution in [0.4, 0.5) is 5.69 Å². The highest BCUT2D eigenvalue weighted by molar-refractivity contribution is 7.98. The number of nitro groups is 1. The average Bonchev–Trinajstić information content (AvgIpc) is 2.47. The zero-order valence-electron chi connectivity index (χ0n) is 11.0. The van der Waals surface area contributed by atoms with Crippen LogP contribution in [0.5, 0.6) is 0 Å². The Kier molecular flexibility index (Phi) is 5.15. The van der Waals surface area contributed by atoms with Crippen LogP contribution >= 0.6 is 11.8 Å². The van der Waals surface area contributed by atoms with Gasteiger partial charge in [0.15, 0.2) is 0 Å². The summed E-state index contributed by atoms with van der Waals surface area (Å²) >= 11 is 1.48. The third kappa shape index (κ3) is 3.82. The summed E-state index contributed by atoms with van der Waals surface area (Å²) in [5.74, 6) is 0.720. The van der Waals surface area contributed by atoms with Gasteiger partial charge in [-0.2, -0.15) is 0 Å². The predicted octanol–water partition coefficient (Wildman–Crippen LogP) is 3.39. The number of rotatable bonds is 6. The van der Waals surface area contributed by atoms with Crippen molar-refractivity contribution in [3.8, 4) is 0 Å². The van der Waals surface area contributed by atoms with Crippen LogP contribution < -0.4 is 5.73 Å². The van der Waals surface area contributed by atoms with Crippen molar-refractivity contribution in [1.29, 1.82) is 0 Å². The van der Waals surface area contributed by atoms with Crippen LogP contribution in [-0.2, 0) is 12.2 Å². The van der Waals surface area contributed by atoms with Gasteiger partial charge < -0.3 is 5.73 Å². The lowest BCUT2D eigenvalue weighted by molar-refractivity contribution is -0.387. The second kappa shape index (κ2) is 7.07. The number of hydrogen-bond donors (Lipinski definition) is 1. The first-order chi connectivity index (χ1) is 9.70. The first-order valence-corrected chi connectivity index (χ1v) is 7.33. The molecule has 0 atom stereocenters. The van der Waals surface area contributed by atoms with Crippen LogP contribution in [0.15, 0.2) is 53.4 Å². The molecule has 0 fully saturated rings. The highest BCUT2D eigenvalue weighted by Crippen LogP contribution is 2.32. The van der Waals surface area contributed by atoms with Crippen molar-refractivity contribution in [2.45, 2.75) is 17.1 Å². The Bertz CT molecular complexity index is 588. The average molecular weight is 288 g/mol. The first kappa shape index (κ1) is 14.6. The number of nitrogens with zero attached hydrogens (tertiary/aromatic N) is 1. The van der Waals surface area contributed by atoms with E-state index in [-0.39, 0.29) is 10.6 Å². The lowest BCUT2D eigenvalue weighted by Gasteiger charge is -2.05. The maximum absolute atomic E-state index is 11.2. The van der Waals surface area contributed by atoms with E-state index >= 15 is 0 Å². The largest absolute Gasteiger partial charge is 0.330 e. The summed E-state index contributed by atoms with van der Waals surface area (Å²) in [5.41, 5.74) is 7.70. The van der Waals surface area contributed by atoms with E-state index in [0.717, 1.165) is 16.9 Å². The number of nitrogens with two attached hydrogens (primary N) is 1. The molecule has 0 saturated heterocycles. The Morgan fingerprint density at radius 3 is 2.50 bits per heavy atom. The molecule has 0 heterocycles. The zero-order valence-corrected chi connectivity index (χ0v) is 11.8. The highest BCUT2D eigenvalue weighted by atomic mass is 32.2. The van der Waals surface area contributed by atoms with Crippen LogP contribution in [0, 0.1) is 10.1 Å². The number of thioether (sulfide) groups is 1. The van der Waals surface area contributed by atoms with Crippen molar-refractivity contribution in [2.75, 3.05) is 6.54 Å². The minimum Gasteiger partial charge on any atom is -0.330 e. The molecule has 2 aromatic carbocycles. The Balaban J connectivity index is 2.16. The van der Waals surface area contributed by atoms with Crippen LogP contribution in [0.2, 0.25) is 0 Å². The van der Waals surface area contributed by atoms with E-state index in [9.17, 15) is 10.1 Å². The van der Waals surface area contributed by atoms with E-state index in [2.05, 4.69) is 0 Å². The topological polar surface area (TPSA) is 69.2 Å². The Morgan fingerprint density at radius 2 is 1.85 bits per heavy atom. The molecule has 104 valence electrons. The molecule has 0 saturated carbocycles. The summed E-state index contributed by atoms with van der Waals surface area (Å²) in [6, 6.07) is 15.3. The van der Waals surface area contributed by atoms with Crippen molar-refractivity contribution in [1.82, 2.24) is 0 Å². The summed E-state index contributed by atoms with van der Waals surface area (Å²) in [6.07, 6.45) is 0.657. The van der Waals surface area contributed by atoms with E-state index in [1.54, 1.807) is 6.07 Å². The number of hydrogen-bond acceptors (Lipinski definition) is 4. The summed E-state index contributed by atoms with van der Waals surface area (Å²) in [5, 5.41) is 11.2. The minimum atomic E-state index is -0.326. The van der Waals surface area contributed by atoms with Gasteiger partial charge in [0, 0.05) is 11.8 Å². The lowest BCUT2D eigenvalue weighted by atomic mass is 10.1. The van der Waals surface area contributed by atoms with Gasteiger partial charge >= 0.3 is 0 Å². The second-order valence-electron chi connectivity index (χ2n) is 4.37. The highest BCUT2D eigenvalue weighted by Gasteiger charge is 2.14. The Labute approximate surface area is 122 Å². The van der Waals surface area contributed by atoms with E-state index in [0.29, 0.717) is 17.9 Å². The van der Waals surface area contributed by atoms with Gasteiger partial charge in [-0.1, -0.05) is 36.4 Å². The molecule has 20 heavy (non-hydrogen) atoms. The van der Waals surface area contributed by atoms with Gasteiger partial charge in [-0.25, -0.2) is 0 Å². The molecule has 2 N–H and O–H groups in total. The van der Waals surface area contributed by atoms with E-state index in [4.69, 9.17) is 5.73 Å². The summed E-state index contributed by atoms with van der Waals surface area (Å²) in [6.45, 7) is 0.494. The maximum Gasteiger partial charge on any atom is 0.283 e. The van der Waals surface area contributed by atoms with E-state index in [1.807, 2.05) is 42.5 Å². The fraction of sp³-hybridized carbons (Fsp3) is 0.200. The molecule has 2 aromatic rings. The first-order valence-electron chi connectivity index (χ1n) is 6.35. The standard InChI is InChI=1S/C15H16N2O2S/c16-9-8-12-6-7-15(14(10-12)17(18)19)20-11-13-4-2-1-3-5-13/h1-7,10H,8-9,11,16H2. The fourth-order valence-corrected chi connectivity index (χ4v) is 2.85. The van der Waals surface area contributed by atoms with Gasteiger partial charge in [-0.3, -0.25) is 10.1 Å². The smallest absolute Gasteiger partial charge is 0.283 e. The molecule has 0 radical (unpaired) electrons. The summed E-state index contributed by atoms with van der Waals surface area (Å²) < 4.78 is 0. The molecule has 0 aliphatic heterocycles. The fourth-order valence-electron chi connectivity index (χ4n) is 1.89. The monoisotopic (exact) mass is 288 g/mol. The third-order valence-corrected chi connectivity index (χ3v) is 4.02. The second-order valence-corrected chi connectivity index (χ2v) is 5.39. The molecule has 5 heteroatoms. The quantitative estimate of drug-likeness (QED) is 0.502. The number of benzene rings is 2. The zero-order chi connectivity index (χ0) is 14.4. The lowest BCUT2D eigenvalue weighted by Crippen LogP contribution is -2.03. The van der Waals surface area contributed by atoms with Gasteiger partial charge in [-0.15, -0.1) is 11.8 Å². The summed E-state index contributed by atoms with van der Waals surface area (Å²) in [4.78, 5) is 11.5. The Morgan fingerprint density at radius 1 is 1.10 bits per heavy atom. The molecule has 0 bridgehead atoms.